The molecule has 0 N–H and O–H groups in total. The van der Waals surface area contributed by atoms with Crippen molar-refractivity contribution in [3.05, 3.63) is 72.6 Å². The molecule has 0 radical (unpaired) electrons. The molecule has 4 aromatic rings. The summed E-state index contributed by atoms with van der Waals surface area (Å²) in [4.78, 5) is 0. The van der Waals surface area contributed by atoms with Gasteiger partial charge >= 0.3 is 0 Å². The van der Waals surface area contributed by atoms with Crippen LogP contribution in [-0.2, 0) is 0 Å². The SMILES string of the molecule is Cc1nnnn1-c1ccc(-c2cccc3ccccc23)cc1. The van der Waals surface area contributed by atoms with Crippen LogP contribution in [0, 0.1) is 6.92 Å². The average Bonchev–Trinajstić information content (AvgIpc) is 3.01. The van der Waals surface area contributed by atoms with Crippen LogP contribution in [0.3, 0.4) is 0 Å². The minimum absolute atomic E-state index is 0.776. The quantitative estimate of drug-likeness (QED) is 0.563. The Morgan fingerprint density at radius 3 is 2.36 bits per heavy atom. The Hall–Kier alpha value is -3.01. The van der Waals surface area contributed by atoms with E-state index in [1.54, 1.807) is 4.68 Å². The van der Waals surface area contributed by atoms with Gasteiger partial charge in [-0.1, -0.05) is 54.6 Å². The average molecular weight is 286 g/mol. The lowest BCUT2D eigenvalue weighted by Crippen LogP contribution is -1.98. The lowest BCUT2D eigenvalue weighted by atomic mass is 9.98. The Kier molecular flexibility index (Phi) is 2.93. The Morgan fingerprint density at radius 1 is 0.818 bits per heavy atom. The van der Waals surface area contributed by atoms with Crippen molar-refractivity contribution < 1.29 is 0 Å². The lowest BCUT2D eigenvalue weighted by Gasteiger charge is -2.08. The summed E-state index contributed by atoms with van der Waals surface area (Å²) < 4.78 is 1.73. The molecule has 1 aromatic heterocycles. The minimum Gasteiger partial charge on any atom is -0.198 e. The summed E-state index contributed by atoms with van der Waals surface area (Å²) in [5.41, 5.74) is 3.39. The summed E-state index contributed by atoms with van der Waals surface area (Å²) in [6.07, 6.45) is 0. The van der Waals surface area contributed by atoms with Crippen LogP contribution in [0.2, 0.25) is 0 Å². The second-order valence-corrected chi connectivity index (χ2v) is 5.21. The maximum absolute atomic E-state index is 3.99. The second kappa shape index (κ2) is 5.07. The molecule has 0 saturated heterocycles. The molecule has 0 amide bonds. The number of hydrogen-bond donors (Lipinski definition) is 0. The van der Waals surface area contributed by atoms with Gasteiger partial charge in [-0.15, -0.1) is 5.10 Å². The fourth-order valence-corrected chi connectivity index (χ4v) is 2.73. The van der Waals surface area contributed by atoms with Crippen LogP contribution in [-0.4, -0.2) is 20.2 Å². The van der Waals surface area contributed by atoms with Gasteiger partial charge in [0, 0.05) is 0 Å². The number of tetrazole rings is 1. The van der Waals surface area contributed by atoms with Gasteiger partial charge in [0.15, 0.2) is 5.82 Å². The largest absolute Gasteiger partial charge is 0.198 e. The van der Waals surface area contributed by atoms with Crippen molar-refractivity contribution in [3.8, 4) is 16.8 Å². The van der Waals surface area contributed by atoms with Gasteiger partial charge in [-0.2, -0.15) is 4.68 Å². The molecule has 0 fully saturated rings. The fourth-order valence-electron chi connectivity index (χ4n) is 2.73. The van der Waals surface area contributed by atoms with Gasteiger partial charge in [0.05, 0.1) is 5.69 Å². The molecule has 0 aliphatic carbocycles. The molecular formula is C18H14N4. The van der Waals surface area contributed by atoms with E-state index in [2.05, 4.69) is 70.1 Å². The third kappa shape index (κ3) is 2.05. The molecular weight excluding hydrogens is 272 g/mol. The van der Waals surface area contributed by atoms with Crippen LogP contribution in [0.1, 0.15) is 5.82 Å². The molecule has 0 saturated carbocycles. The molecule has 4 nitrogen and oxygen atoms in total. The first kappa shape index (κ1) is 12.7. The van der Waals surface area contributed by atoms with Crippen molar-refractivity contribution in [3.63, 3.8) is 0 Å². The summed E-state index contributed by atoms with van der Waals surface area (Å²) in [5, 5.41) is 14.1. The minimum atomic E-state index is 0.776. The van der Waals surface area contributed by atoms with Gasteiger partial charge in [-0.3, -0.25) is 0 Å². The van der Waals surface area contributed by atoms with Gasteiger partial charge in [-0.25, -0.2) is 0 Å². The monoisotopic (exact) mass is 286 g/mol. The van der Waals surface area contributed by atoms with Crippen molar-refractivity contribution in [1.82, 2.24) is 20.2 Å². The predicted octanol–water partition coefficient (Wildman–Crippen LogP) is 3.79. The third-order valence-corrected chi connectivity index (χ3v) is 3.84. The smallest absolute Gasteiger partial charge is 0.153 e. The number of benzene rings is 3. The second-order valence-electron chi connectivity index (χ2n) is 5.21. The number of rotatable bonds is 2. The topological polar surface area (TPSA) is 43.6 Å². The molecule has 0 atom stereocenters. The van der Waals surface area contributed by atoms with E-state index in [4.69, 9.17) is 0 Å². The maximum atomic E-state index is 3.99. The first-order valence-electron chi connectivity index (χ1n) is 7.16. The summed E-state index contributed by atoms with van der Waals surface area (Å²) in [7, 11) is 0. The van der Waals surface area contributed by atoms with Crippen molar-refractivity contribution in [2.45, 2.75) is 6.92 Å². The van der Waals surface area contributed by atoms with Crippen LogP contribution < -0.4 is 0 Å². The number of hydrogen-bond acceptors (Lipinski definition) is 3. The van der Waals surface area contributed by atoms with E-state index in [1.807, 2.05) is 19.1 Å². The van der Waals surface area contributed by atoms with Crippen LogP contribution in [0.4, 0.5) is 0 Å². The van der Waals surface area contributed by atoms with E-state index in [0.29, 0.717) is 0 Å². The van der Waals surface area contributed by atoms with E-state index in [1.165, 1.54) is 21.9 Å². The van der Waals surface area contributed by atoms with E-state index in [0.717, 1.165) is 11.5 Å². The molecule has 3 aromatic carbocycles. The maximum Gasteiger partial charge on any atom is 0.153 e. The van der Waals surface area contributed by atoms with Crippen molar-refractivity contribution in [2.75, 3.05) is 0 Å². The van der Waals surface area contributed by atoms with Gasteiger partial charge in [0.1, 0.15) is 0 Å². The predicted molar refractivity (Wildman–Crippen MR) is 86.8 cm³/mol. The van der Waals surface area contributed by atoms with E-state index >= 15 is 0 Å². The number of aryl methyl sites for hydroxylation is 1. The standard InChI is InChI=1S/C18H14N4/c1-13-19-20-21-22(13)16-11-9-15(10-12-16)18-8-4-6-14-5-2-3-7-17(14)18/h2-12H,1H3. The highest BCUT2D eigenvalue weighted by Gasteiger charge is 2.06. The van der Waals surface area contributed by atoms with Crippen LogP contribution >= 0.6 is 0 Å². The van der Waals surface area contributed by atoms with Crippen LogP contribution in [0.15, 0.2) is 66.7 Å². The molecule has 4 heteroatoms. The van der Waals surface area contributed by atoms with Crippen molar-refractivity contribution in [1.29, 1.82) is 0 Å². The lowest BCUT2D eigenvalue weighted by molar-refractivity contribution is 0.779. The molecule has 0 aliphatic rings. The summed E-state index contributed by atoms with van der Waals surface area (Å²) in [6.45, 7) is 1.89. The van der Waals surface area contributed by atoms with Crippen molar-refractivity contribution in [2.24, 2.45) is 0 Å². The van der Waals surface area contributed by atoms with Gasteiger partial charge in [0.2, 0.25) is 0 Å². The normalized spacial score (nSPS) is 11.0. The Balaban J connectivity index is 1.81. The summed E-state index contributed by atoms with van der Waals surface area (Å²) >= 11 is 0. The molecule has 4 rings (SSSR count). The Labute approximate surface area is 128 Å². The number of fused-ring (bicyclic) bond motifs is 1. The molecule has 0 unspecified atom stereocenters. The van der Waals surface area contributed by atoms with Gasteiger partial charge in [0.25, 0.3) is 0 Å². The highest BCUT2D eigenvalue weighted by molar-refractivity contribution is 5.96. The Bertz CT molecular complexity index is 933. The summed E-state index contributed by atoms with van der Waals surface area (Å²) in [5.74, 6) is 0.776. The zero-order valence-corrected chi connectivity index (χ0v) is 12.1. The van der Waals surface area contributed by atoms with Gasteiger partial charge in [-0.05, 0) is 51.4 Å². The van der Waals surface area contributed by atoms with Crippen LogP contribution in [0.5, 0.6) is 0 Å². The molecule has 0 aliphatic heterocycles. The zero-order valence-electron chi connectivity index (χ0n) is 12.1. The first-order chi connectivity index (χ1) is 10.8. The Morgan fingerprint density at radius 2 is 1.59 bits per heavy atom. The summed E-state index contributed by atoms with van der Waals surface area (Å²) in [6, 6.07) is 23.1. The first-order valence-corrected chi connectivity index (χ1v) is 7.16. The molecule has 0 bridgehead atoms. The number of aromatic nitrogens is 4. The highest BCUT2D eigenvalue weighted by Crippen LogP contribution is 2.29. The molecule has 1 heterocycles. The van der Waals surface area contributed by atoms with Gasteiger partial charge < -0.3 is 0 Å². The highest BCUT2D eigenvalue weighted by atomic mass is 15.5. The van der Waals surface area contributed by atoms with Crippen molar-refractivity contribution >= 4 is 10.8 Å². The van der Waals surface area contributed by atoms with E-state index in [9.17, 15) is 0 Å². The molecule has 0 spiro atoms. The van der Waals surface area contributed by atoms with E-state index in [-0.39, 0.29) is 0 Å². The molecule has 106 valence electrons. The van der Waals surface area contributed by atoms with Crippen LogP contribution in [0.25, 0.3) is 27.6 Å². The van der Waals surface area contributed by atoms with E-state index < -0.39 is 0 Å². The number of nitrogens with zero attached hydrogens (tertiary/aromatic N) is 4. The zero-order chi connectivity index (χ0) is 14.9. The third-order valence-electron chi connectivity index (χ3n) is 3.84. The molecule has 22 heavy (non-hydrogen) atoms. The fraction of sp³-hybridized carbons (Fsp3) is 0.0556.